The van der Waals surface area contributed by atoms with Crippen LogP contribution < -0.4 is 10.5 Å². The van der Waals surface area contributed by atoms with Gasteiger partial charge in [0.2, 0.25) is 0 Å². The van der Waals surface area contributed by atoms with Crippen LogP contribution in [0.5, 0.6) is 5.75 Å². The Balaban J connectivity index is 1.82. The van der Waals surface area contributed by atoms with Gasteiger partial charge in [0.15, 0.2) is 6.61 Å². The van der Waals surface area contributed by atoms with Crippen LogP contribution in [-0.2, 0) is 17.9 Å². The zero-order valence-electron chi connectivity index (χ0n) is 12.3. The van der Waals surface area contributed by atoms with Gasteiger partial charge in [-0.3, -0.25) is 4.79 Å². The van der Waals surface area contributed by atoms with E-state index >= 15 is 0 Å². The first-order valence-electron chi connectivity index (χ1n) is 6.79. The largest absolute Gasteiger partial charge is 0.484 e. The molecule has 0 fully saturated rings. The number of hydrogen-bond donors (Lipinski definition) is 1. The standard InChI is InChI=1S/C16H20N2O3/c1-12-3-6-15(21-12)10-18(2)16(19)11-20-14-7-4-13(9-17)5-8-14/h3-8H,9-11,17H2,1-2H3. The van der Waals surface area contributed by atoms with Crippen LogP contribution in [-0.4, -0.2) is 24.5 Å². The highest BCUT2D eigenvalue weighted by Crippen LogP contribution is 2.12. The molecule has 0 aliphatic carbocycles. The fraction of sp³-hybridized carbons (Fsp3) is 0.312. The average Bonchev–Trinajstić information content (AvgIpc) is 2.90. The van der Waals surface area contributed by atoms with Gasteiger partial charge in [-0.05, 0) is 36.8 Å². The SMILES string of the molecule is Cc1ccc(CN(C)C(=O)COc2ccc(CN)cc2)o1. The predicted octanol–water partition coefficient (Wildman–Crippen LogP) is 2.08. The summed E-state index contributed by atoms with van der Waals surface area (Å²) in [4.78, 5) is 13.6. The highest BCUT2D eigenvalue weighted by molar-refractivity contribution is 5.77. The number of nitrogens with two attached hydrogens (primary N) is 1. The molecule has 5 heteroatoms. The highest BCUT2D eigenvalue weighted by atomic mass is 16.5. The van der Waals surface area contributed by atoms with Gasteiger partial charge >= 0.3 is 0 Å². The average molecular weight is 288 g/mol. The number of hydrogen-bond acceptors (Lipinski definition) is 4. The summed E-state index contributed by atoms with van der Waals surface area (Å²) in [5.41, 5.74) is 6.55. The number of likely N-dealkylation sites (N-methyl/N-ethyl adjacent to an activating group) is 1. The van der Waals surface area contributed by atoms with Crippen LogP contribution in [0.4, 0.5) is 0 Å². The van der Waals surface area contributed by atoms with Crippen LogP contribution in [0.25, 0.3) is 0 Å². The zero-order chi connectivity index (χ0) is 15.2. The first-order valence-corrected chi connectivity index (χ1v) is 6.79. The molecule has 0 bridgehead atoms. The Hall–Kier alpha value is -2.27. The van der Waals surface area contributed by atoms with Crippen LogP contribution in [0, 0.1) is 6.92 Å². The number of aryl methyl sites for hydroxylation is 1. The molecular formula is C16H20N2O3. The Labute approximate surface area is 124 Å². The molecule has 2 aromatic rings. The van der Waals surface area contributed by atoms with Gasteiger partial charge in [-0.1, -0.05) is 12.1 Å². The molecule has 0 radical (unpaired) electrons. The molecule has 2 N–H and O–H groups in total. The van der Waals surface area contributed by atoms with E-state index in [0.717, 1.165) is 17.1 Å². The van der Waals surface area contributed by atoms with Crippen LogP contribution in [0.2, 0.25) is 0 Å². The first kappa shape index (κ1) is 15.1. The third kappa shape index (κ3) is 4.36. The van der Waals surface area contributed by atoms with Crippen molar-refractivity contribution in [2.75, 3.05) is 13.7 Å². The minimum atomic E-state index is -0.105. The van der Waals surface area contributed by atoms with Crippen molar-refractivity contribution in [3.8, 4) is 5.75 Å². The van der Waals surface area contributed by atoms with Gasteiger partial charge in [0, 0.05) is 13.6 Å². The molecule has 0 saturated heterocycles. The molecule has 2 rings (SSSR count). The third-order valence-electron chi connectivity index (χ3n) is 3.14. The van der Waals surface area contributed by atoms with Crippen molar-refractivity contribution < 1.29 is 13.9 Å². The number of benzene rings is 1. The maximum Gasteiger partial charge on any atom is 0.260 e. The van der Waals surface area contributed by atoms with Crippen LogP contribution in [0.15, 0.2) is 40.8 Å². The Morgan fingerprint density at radius 2 is 1.95 bits per heavy atom. The summed E-state index contributed by atoms with van der Waals surface area (Å²) < 4.78 is 10.9. The minimum Gasteiger partial charge on any atom is -0.484 e. The van der Waals surface area contributed by atoms with E-state index in [1.165, 1.54) is 0 Å². The van der Waals surface area contributed by atoms with E-state index in [9.17, 15) is 4.79 Å². The number of carbonyl (C=O) groups is 1. The normalized spacial score (nSPS) is 10.4. The second-order valence-corrected chi connectivity index (χ2v) is 4.90. The van der Waals surface area contributed by atoms with Gasteiger partial charge in [0.25, 0.3) is 5.91 Å². The van der Waals surface area contributed by atoms with Crippen molar-refractivity contribution in [1.82, 2.24) is 4.90 Å². The maximum atomic E-state index is 12.0. The van der Waals surface area contributed by atoms with E-state index < -0.39 is 0 Å². The van der Waals surface area contributed by atoms with E-state index in [0.29, 0.717) is 18.8 Å². The van der Waals surface area contributed by atoms with E-state index in [2.05, 4.69) is 0 Å². The Morgan fingerprint density at radius 3 is 2.52 bits per heavy atom. The lowest BCUT2D eigenvalue weighted by molar-refractivity contribution is -0.132. The van der Waals surface area contributed by atoms with E-state index in [4.69, 9.17) is 14.9 Å². The summed E-state index contributed by atoms with van der Waals surface area (Å²) in [5, 5.41) is 0. The van der Waals surface area contributed by atoms with Gasteiger partial charge in [0.05, 0.1) is 6.54 Å². The summed E-state index contributed by atoms with van der Waals surface area (Å²) in [5.74, 6) is 2.15. The smallest absolute Gasteiger partial charge is 0.260 e. The number of rotatable bonds is 6. The fourth-order valence-electron chi connectivity index (χ4n) is 1.87. The van der Waals surface area contributed by atoms with Gasteiger partial charge in [-0.25, -0.2) is 0 Å². The molecule has 0 spiro atoms. The topological polar surface area (TPSA) is 68.7 Å². The number of nitrogens with zero attached hydrogens (tertiary/aromatic N) is 1. The minimum absolute atomic E-state index is 0.00182. The molecule has 0 aliphatic heterocycles. The molecule has 0 saturated carbocycles. The van der Waals surface area contributed by atoms with Crippen LogP contribution in [0.3, 0.4) is 0 Å². The third-order valence-corrected chi connectivity index (χ3v) is 3.14. The molecular weight excluding hydrogens is 268 g/mol. The van der Waals surface area contributed by atoms with Gasteiger partial charge < -0.3 is 19.8 Å². The van der Waals surface area contributed by atoms with E-state index in [1.807, 2.05) is 43.3 Å². The number of carbonyl (C=O) groups excluding carboxylic acids is 1. The summed E-state index contributed by atoms with van der Waals surface area (Å²) in [6, 6.07) is 11.1. The van der Waals surface area contributed by atoms with Crippen LogP contribution in [0.1, 0.15) is 17.1 Å². The molecule has 1 heterocycles. The van der Waals surface area contributed by atoms with Gasteiger partial charge in [-0.15, -0.1) is 0 Å². The predicted molar refractivity (Wildman–Crippen MR) is 79.7 cm³/mol. The molecule has 0 unspecified atom stereocenters. The fourth-order valence-corrected chi connectivity index (χ4v) is 1.87. The highest BCUT2D eigenvalue weighted by Gasteiger charge is 2.12. The van der Waals surface area contributed by atoms with Gasteiger partial charge in [-0.2, -0.15) is 0 Å². The maximum absolute atomic E-state index is 12.0. The van der Waals surface area contributed by atoms with E-state index in [-0.39, 0.29) is 12.5 Å². The first-order chi connectivity index (χ1) is 10.1. The molecule has 1 aromatic carbocycles. The molecule has 1 amide bonds. The van der Waals surface area contributed by atoms with Crippen molar-refractivity contribution >= 4 is 5.91 Å². The molecule has 1 aromatic heterocycles. The lowest BCUT2D eigenvalue weighted by Crippen LogP contribution is -2.30. The Morgan fingerprint density at radius 1 is 1.24 bits per heavy atom. The number of furan rings is 1. The number of amides is 1. The van der Waals surface area contributed by atoms with Crippen molar-refractivity contribution in [3.63, 3.8) is 0 Å². The summed E-state index contributed by atoms with van der Waals surface area (Å²) in [7, 11) is 1.72. The van der Waals surface area contributed by atoms with Crippen molar-refractivity contribution in [2.24, 2.45) is 5.73 Å². The van der Waals surface area contributed by atoms with Crippen LogP contribution >= 0.6 is 0 Å². The second kappa shape index (κ2) is 6.95. The molecule has 112 valence electrons. The quantitative estimate of drug-likeness (QED) is 0.883. The van der Waals surface area contributed by atoms with Crippen molar-refractivity contribution in [1.29, 1.82) is 0 Å². The molecule has 21 heavy (non-hydrogen) atoms. The second-order valence-electron chi connectivity index (χ2n) is 4.90. The summed E-state index contributed by atoms with van der Waals surface area (Å²) in [6.07, 6.45) is 0. The number of ether oxygens (including phenoxy) is 1. The lowest BCUT2D eigenvalue weighted by Gasteiger charge is -2.16. The molecule has 0 aliphatic rings. The molecule has 0 atom stereocenters. The van der Waals surface area contributed by atoms with Gasteiger partial charge in [0.1, 0.15) is 17.3 Å². The van der Waals surface area contributed by atoms with Crippen molar-refractivity contribution in [3.05, 3.63) is 53.5 Å². The molecule has 5 nitrogen and oxygen atoms in total. The monoisotopic (exact) mass is 288 g/mol. The van der Waals surface area contributed by atoms with E-state index in [1.54, 1.807) is 11.9 Å². The zero-order valence-corrected chi connectivity index (χ0v) is 12.3. The van der Waals surface area contributed by atoms with Crippen molar-refractivity contribution in [2.45, 2.75) is 20.0 Å². The lowest BCUT2D eigenvalue weighted by atomic mass is 10.2. The Bertz CT molecular complexity index is 590. The Kier molecular flexibility index (Phi) is 5.00. The summed E-state index contributed by atoms with van der Waals surface area (Å²) >= 11 is 0. The summed E-state index contributed by atoms with van der Waals surface area (Å²) in [6.45, 7) is 2.80.